The molecule has 0 aliphatic heterocycles. The Morgan fingerprint density at radius 1 is 1.53 bits per heavy atom. The van der Waals surface area contributed by atoms with Gasteiger partial charge in [-0.15, -0.1) is 0 Å². The van der Waals surface area contributed by atoms with E-state index in [0.29, 0.717) is 19.6 Å². The van der Waals surface area contributed by atoms with Gasteiger partial charge < -0.3 is 10.5 Å². The van der Waals surface area contributed by atoms with Gasteiger partial charge in [-0.25, -0.2) is 13.1 Å². The number of carbonyl (C=O) groups is 1. The second-order valence-corrected chi connectivity index (χ2v) is 5.69. The van der Waals surface area contributed by atoms with Crippen LogP contribution in [0.3, 0.4) is 0 Å². The highest BCUT2D eigenvalue weighted by molar-refractivity contribution is 7.93. The monoisotopic (exact) mass is 262 g/mol. The molecule has 7 heteroatoms. The van der Waals surface area contributed by atoms with Crippen molar-refractivity contribution in [3.63, 3.8) is 0 Å². The summed E-state index contributed by atoms with van der Waals surface area (Å²) in [5.41, 5.74) is 5.50. The summed E-state index contributed by atoms with van der Waals surface area (Å²) in [4.78, 5) is 11.4. The fraction of sp³-hybridized carbons (Fsp3) is 0.700. The number of Topliss-reactive ketones (excluding diaryl/α,β-unsaturated/α-hetero) is 1. The summed E-state index contributed by atoms with van der Waals surface area (Å²) in [5.74, 6) is -0.122. The smallest absolute Gasteiger partial charge is 0.236 e. The molecule has 98 valence electrons. The van der Waals surface area contributed by atoms with Gasteiger partial charge in [0, 0.05) is 26.7 Å². The standard InChI is InChI=1S/C10H18N2O4S/c1-16-6-2-5-12-17(14,15)8-3-4-10(13)9(11)7-8/h7,9,12H,2-6,11H2,1H3. The third-order valence-electron chi connectivity index (χ3n) is 2.52. The second-order valence-electron chi connectivity index (χ2n) is 3.87. The van der Waals surface area contributed by atoms with Gasteiger partial charge in [-0.05, 0) is 18.9 Å². The molecule has 0 radical (unpaired) electrons. The molecule has 1 atom stereocenters. The predicted molar refractivity (Wildman–Crippen MR) is 63.7 cm³/mol. The van der Waals surface area contributed by atoms with Gasteiger partial charge in [0.15, 0.2) is 5.78 Å². The molecular weight excluding hydrogens is 244 g/mol. The van der Waals surface area contributed by atoms with Crippen molar-refractivity contribution in [3.8, 4) is 0 Å². The van der Waals surface area contributed by atoms with Crippen LogP contribution in [0.25, 0.3) is 0 Å². The Morgan fingerprint density at radius 2 is 2.24 bits per heavy atom. The first-order chi connectivity index (χ1) is 7.97. The van der Waals surface area contributed by atoms with Crippen molar-refractivity contribution in [1.82, 2.24) is 4.72 Å². The lowest BCUT2D eigenvalue weighted by atomic mass is 10.0. The Bertz CT molecular complexity index is 403. The van der Waals surface area contributed by atoms with Crippen LogP contribution >= 0.6 is 0 Å². The summed E-state index contributed by atoms with van der Waals surface area (Å²) >= 11 is 0. The molecule has 0 bridgehead atoms. The maximum Gasteiger partial charge on any atom is 0.236 e. The van der Waals surface area contributed by atoms with Crippen molar-refractivity contribution in [2.75, 3.05) is 20.3 Å². The van der Waals surface area contributed by atoms with Crippen LogP contribution in [-0.4, -0.2) is 40.5 Å². The Balaban J connectivity index is 2.58. The van der Waals surface area contributed by atoms with Crippen LogP contribution in [0, 0.1) is 0 Å². The highest BCUT2D eigenvalue weighted by atomic mass is 32.2. The molecule has 0 fully saturated rings. The average molecular weight is 262 g/mol. The third kappa shape index (κ3) is 4.19. The molecule has 1 aliphatic carbocycles. The number of hydrogen-bond donors (Lipinski definition) is 2. The highest BCUT2D eigenvalue weighted by Gasteiger charge is 2.25. The Labute approximate surface area is 101 Å². The summed E-state index contributed by atoms with van der Waals surface area (Å²) in [6.07, 6.45) is 2.34. The van der Waals surface area contributed by atoms with Crippen LogP contribution in [0.5, 0.6) is 0 Å². The topological polar surface area (TPSA) is 98.5 Å². The van der Waals surface area contributed by atoms with E-state index in [9.17, 15) is 13.2 Å². The van der Waals surface area contributed by atoms with Gasteiger partial charge in [0.25, 0.3) is 0 Å². The van der Waals surface area contributed by atoms with Gasteiger partial charge in [-0.3, -0.25) is 4.79 Å². The van der Waals surface area contributed by atoms with Gasteiger partial charge >= 0.3 is 0 Å². The number of nitrogens with two attached hydrogens (primary N) is 1. The minimum absolute atomic E-state index is 0.122. The van der Waals surface area contributed by atoms with Gasteiger partial charge in [0.1, 0.15) is 0 Å². The van der Waals surface area contributed by atoms with E-state index in [1.54, 1.807) is 7.11 Å². The highest BCUT2D eigenvalue weighted by Crippen LogP contribution is 2.18. The lowest BCUT2D eigenvalue weighted by molar-refractivity contribution is -0.119. The van der Waals surface area contributed by atoms with E-state index in [2.05, 4.69) is 4.72 Å². The Kier molecular flexibility index (Phi) is 5.26. The maximum absolute atomic E-state index is 11.8. The zero-order chi connectivity index (χ0) is 12.9. The molecule has 0 aromatic rings. The van der Waals surface area contributed by atoms with Crippen LogP contribution in [0.1, 0.15) is 19.3 Å². The Hall–Kier alpha value is -0.760. The van der Waals surface area contributed by atoms with Crippen LogP contribution in [0.4, 0.5) is 0 Å². The van der Waals surface area contributed by atoms with Crippen molar-refractivity contribution >= 4 is 15.8 Å². The van der Waals surface area contributed by atoms with Crippen molar-refractivity contribution in [1.29, 1.82) is 0 Å². The molecule has 0 saturated heterocycles. The summed E-state index contributed by atoms with van der Waals surface area (Å²) in [5, 5.41) is 0. The molecule has 1 rings (SSSR count). The third-order valence-corrected chi connectivity index (χ3v) is 4.13. The van der Waals surface area contributed by atoms with Crippen LogP contribution in [0.2, 0.25) is 0 Å². The SMILES string of the molecule is COCCCNS(=O)(=O)C1=CC(N)C(=O)CC1. The molecular formula is C10H18N2O4S. The van der Waals surface area contributed by atoms with E-state index in [0.717, 1.165) is 0 Å². The van der Waals surface area contributed by atoms with E-state index in [4.69, 9.17) is 10.5 Å². The first-order valence-electron chi connectivity index (χ1n) is 5.45. The molecule has 0 aromatic carbocycles. The average Bonchev–Trinajstić information content (AvgIpc) is 2.28. The van der Waals surface area contributed by atoms with Gasteiger partial charge in [0.2, 0.25) is 10.0 Å². The first-order valence-corrected chi connectivity index (χ1v) is 6.93. The first kappa shape index (κ1) is 14.3. The van der Waals surface area contributed by atoms with Crippen molar-refractivity contribution < 1.29 is 17.9 Å². The van der Waals surface area contributed by atoms with Crippen LogP contribution in [-0.2, 0) is 19.6 Å². The van der Waals surface area contributed by atoms with E-state index < -0.39 is 16.1 Å². The minimum Gasteiger partial charge on any atom is -0.385 e. The van der Waals surface area contributed by atoms with E-state index in [1.165, 1.54) is 6.08 Å². The number of carbonyl (C=O) groups excluding carboxylic acids is 1. The zero-order valence-electron chi connectivity index (χ0n) is 9.81. The molecule has 0 heterocycles. The van der Waals surface area contributed by atoms with Crippen molar-refractivity contribution in [2.45, 2.75) is 25.3 Å². The molecule has 0 saturated carbocycles. The number of nitrogens with one attached hydrogen (secondary N) is 1. The van der Waals surface area contributed by atoms with E-state index in [-0.39, 0.29) is 23.5 Å². The predicted octanol–water partition coefficient (Wildman–Crippen LogP) is -0.484. The summed E-state index contributed by atoms with van der Waals surface area (Å²) in [7, 11) is -1.94. The van der Waals surface area contributed by atoms with Gasteiger partial charge in [-0.2, -0.15) is 0 Å². The lowest BCUT2D eigenvalue weighted by Gasteiger charge is -2.17. The fourth-order valence-electron chi connectivity index (χ4n) is 1.53. The molecule has 6 nitrogen and oxygen atoms in total. The summed E-state index contributed by atoms with van der Waals surface area (Å²) in [6, 6.07) is -0.797. The number of methoxy groups -OCH3 is 1. The number of rotatable bonds is 6. The molecule has 1 aliphatic rings. The van der Waals surface area contributed by atoms with Gasteiger partial charge in [-0.1, -0.05) is 0 Å². The lowest BCUT2D eigenvalue weighted by Crippen LogP contribution is -2.35. The van der Waals surface area contributed by atoms with E-state index >= 15 is 0 Å². The maximum atomic E-state index is 11.8. The number of sulfonamides is 1. The summed E-state index contributed by atoms with van der Waals surface area (Å²) in [6.45, 7) is 0.816. The molecule has 3 N–H and O–H groups in total. The molecule has 17 heavy (non-hydrogen) atoms. The minimum atomic E-state index is -3.50. The van der Waals surface area contributed by atoms with Crippen LogP contribution < -0.4 is 10.5 Å². The fourth-order valence-corrected chi connectivity index (χ4v) is 2.82. The number of hydrogen-bond acceptors (Lipinski definition) is 5. The molecule has 0 spiro atoms. The normalized spacial score (nSPS) is 21.4. The second kappa shape index (κ2) is 6.25. The molecule has 0 aromatic heterocycles. The number of ketones is 1. The number of ether oxygens (including phenoxy) is 1. The van der Waals surface area contributed by atoms with Crippen LogP contribution in [0.15, 0.2) is 11.0 Å². The van der Waals surface area contributed by atoms with E-state index in [1.807, 2.05) is 0 Å². The van der Waals surface area contributed by atoms with Crippen molar-refractivity contribution in [2.24, 2.45) is 5.73 Å². The number of allylic oxidation sites excluding steroid dienone is 1. The zero-order valence-corrected chi connectivity index (χ0v) is 10.6. The quantitative estimate of drug-likeness (QED) is 0.630. The van der Waals surface area contributed by atoms with Gasteiger partial charge in [0.05, 0.1) is 10.9 Å². The summed E-state index contributed by atoms with van der Waals surface area (Å²) < 4.78 is 30.9. The van der Waals surface area contributed by atoms with Crippen molar-refractivity contribution in [3.05, 3.63) is 11.0 Å². The molecule has 1 unspecified atom stereocenters. The largest absolute Gasteiger partial charge is 0.385 e. The Morgan fingerprint density at radius 3 is 2.82 bits per heavy atom. The molecule has 0 amide bonds.